The third kappa shape index (κ3) is 4.84. The van der Waals surface area contributed by atoms with Gasteiger partial charge in [0, 0.05) is 38.9 Å². The molecule has 0 unspecified atom stereocenters. The second-order valence-corrected chi connectivity index (χ2v) is 8.81. The number of pyridine rings is 1. The third-order valence-corrected chi connectivity index (χ3v) is 6.21. The zero-order chi connectivity index (χ0) is 24.5. The molecule has 0 atom stereocenters. The Bertz CT molecular complexity index is 1280. The van der Waals surface area contributed by atoms with Crippen LogP contribution in [0.25, 0.3) is 0 Å². The monoisotopic (exact) mass is 492 g/mol. The zero-order valence-electron chi connectivity index (χ0n) is 19.5. The van der Waals surface area contributed by atoms with Gasteiger partial charge in [-0.05, 0) is 37.4 Å². The molecular formula is C24H25ClN8O2. The lowest BCUT2D eigenvalue weighted by Crippen LogP contribution is -2.44. The van der Waals surface area contributed by atoms with Gasteiger partial charge in [-0.2, -0.15) is 4.98 Å². The molecule has 0 spiro atoms. The van der Waals surface area contributed by atoms with Crippen molar-refractivity contribution in [1.82, 2.24) is 19.9 Å². The second-order valence-electron chi connectivity index (χ2n) is 8.41. The third-order valence-electron chi connectivity index (χ3n) is 5.93. The van der Waals surface area contributed by atoms with Gasteiger partial charge in [0.2, 0.25) is 5.95 Å². The molecule has 2 N–H and O–H groups in total. The normalized spacial score (nSPS) is 16.1. The lowest BCUT2D eigenvalue weighted by atomic mass is 10.2. The topological polar surface area (TPSA) is 98.8 Å². The molecule has 1 saturated heterocycles. The fraction of sp³-hybridized carbons (Fsp3) is 0.250. The van der Waals surface area contributed by atoms with Gasteiger partial charge in [0.15, 0.2) is 17.3 Å². The van der Waals surface area contributed by atoms with Gasteiger partial charge in [-0.1, -0.05) is 18.2 Å². The van der Waals surface area contributed by atoms with Crippen molar-refractivity contribution in [3.63, 3.8) is 0 Å². The molecule has 180 valence electrons. The van der Waals surface area contributed by atoms with Gasteiger partial charge in [0.25, 0.3) is 5.91 Å². The van der Waals surface area contributed by atoms with Gasteiger partial charge in [-0.25, -0.2) is 9.97 Å². The van der Waals surface area contributed by atoms with Gasteiger partial charge in [-0.3, -0.25) is 4.79 Å². The molecule has 0 aliphatic carbocycles. The van der Waals surface area contributed by atoms with E-state index in [-0.39, 0.29) is 11.7 Å². The Morgan fingerprint density at radius 3 is 2.51 bits per heavy atom. The van der Waals surface area contributed by atoms with Crippen LogP contribution in [0.3, 0.4) is 0 Å². The number of hydrogen-bond donors (Lipinski definition) is 2. The standard InChI is InChI=1S/C24H25ClN8O2/c1-15-23(34)32(3)19-12-16(4-6-20(19)35-15)28-22-18(25)14-27-24(30-22)29-17-5-7-21(26-13-17)33-10-8-31(2)9-11-33/h4-7,12-14H,1,8-11H2,2-3H3,(H2,27,28,29,30). The van der Waals surface area contributed by atoms with Gasteiger partial charge in [0.1, 0.15) is 10.8 Å². The van der Waals surface area contributed by atoms with E-state index in [2.05, 4.69) is 49.0 Å². The maximum atomic E-state index is 12.2. The second kappa shape index (κ2) is 9.40. The first-order valence-electron chi connectivity index (χ1n) is 11.1. The Labute approximate surface area is 208 Å². The first-order valence-corrected chi connectivity index (χ1v) is 11.5. The first-order chi connectivity index (χ1) is 16.9. The number of fused-ring (bicyclic) bond motifs is 1. The van der Waals surface area contributed by atoms with Crippen LogP contribution >= 0.6 is 11.6 Å². The number of carbonyl (C=O) groups excluding carboxylic acids is 1. The number of aromatic nitrogens is 3. The van der Waals surface area contributed by atoms with Crippen LogP contribution in [0.1, 0.15) is 0 Å². The van der Waals surface area contributed by atoms with E-state index in [1.807, 2.05) is 18.2 Å². The summed E-state index contributed by atoms with van der Waals surface area (Å²) in [4.78, 5) is 31.6. The Balaban J connectivity index is 1.30. The van der Waals surface area contributed by atoms with Crippen molar-refractivity contribution in [1.29, 1.82) is 0 Å². The molecule has 2 aliphatic rings. The lowest BCUT2D eigenvalue weighted by molar-refractivity contribution is -0.117. The Morgan fingerprint density at radius 2 is 1.77 bits per heavy atom. The molecule has 1 amide bonds. The quantitative estimate of drug-likeness (QED) is 0.517. The van der Waals surface area contributed by atoms with Crippen LogP contribution < -0.4 is 25.2 Å². The molecule has 2 aromatic heterocycles. The SMILES string of the molecule is C=C1Oc2ccc(Nc3nc(Nc4ccc(N5CCN(C)CC5)nc4)ncc3Cl)cc2N(C)C1=O. The zero-order valence-corrected chi connectivity index (χ0v) is 20.2. The molecular weight excluding hydrogens is 468 g/mol. The van der Waals surface area contributed by atoms with Crippen LogP contribution in [-0.4, -0.2) is 66.0 Å². The highest BCUT2D eigenvalue weighted by atomic mass is 35.5. The van der Waals surface area contributed by atoms with Crippen molar-refractivity contribution in [2.24, 2.45) is 0 Å². The first kappa shape index (κ1) is 22.9. The van der Waals surface area contributed by atoms with E-state index in [4.69, 9.17) is 16.3 Å². The molecule has 1 fully saturated rings. The fourth-order valence-electron chi connectivity index (χ4n) is 3.88. The van der Waals surface area contributed by atoms with E-state index in [1.165, 1.54) is 11.1 Å². The average molecular weight is 493 g/mol. The summed E-state index contributed by atoms with van der Waals surface area (Å²) in [7, 11) is 3.80. The van der Waals surface area contributed by atoms with E-state index in [0.29, 0.717) is 33.9 Å². The molecule has 1 aromatic carbocycles. The molecule has 5 rings (SSSR count). The number of hydrogen-bond acceptors (Lipinski definition) is 9. The number of halogens is 1. The number of likely N-dealkylation sites (N-methyl/N-ethyl adjacent to an activating group) is 2. The summed E-state index contributed by atoms with van der Waals surface area (Å²) in [5.41, 5.74) is 2.06. The fourth-order valence-corrected chi connectivity index (χ4v) is 4.02. The van der Waals surface area contributed by atoms with Gasteiger partial charge >= 0.3 is 0 Å². The number of rotatable bonds is 5. The van der Waals surface area contributed by atoms with Crippen LogP contribution in [0, 0.1) is 0 Å². The molecule has 10 nitrogen and oxygen atoms in total. The number of carbonyl (C=O) groups is 1. The minimum Gasteiger partial charge on any atom is -0.450 e. The van der Waals surface area contributed by atoms with Crippen LogP contribution in [0.5, 0.6) is 5.75 Å². The van der Waals surface area contributed by atoms with Crippen molar-refractivity contribution >= 4 is 52.2 Å². The number of benzene rings is 1. The number of anilines is 6. The van der Waals surface area contributed by atoms with Crippen LogP contribution in [0.2, 0.25) is 5.02 Å². The number of piperazine rings is 1. The van der Waals surface area contributed by atoms with E-state index in [9.17, 15) is 4.79 Å². The molecule has 35 heavy (non-hydrogen) atoms. The number of amides is 1. The summed E-state index contributed by atoms with van der Waals surface area (Å²) in [6.45, 7) is 7.60. The molecule has 11 heteroatoms. The van der Waals surface area contributed by atoms with Crippen LogP contribution in [0.4, 0.5) is 34.6 Å². The largest absolute Gasteiger partial charge is 0.450 e. The van der Waals surface area contributed by atoms with Gasteiger partial charge in [-0.15, -0.1) is 0 Å². The molecule has 0 radical (unpaired) electrons. The van der Waals surface area contributed by atoms with E-state index in [0.717, 1.165) is 37.7 Å². The minimum atomic E-state index is -0.298. The average Bonchev–Trinajstić information content (AvgIpc) is 2.86. The van der Waals surface area contributed by atoms with E-state index in [1.54, 1.807) is 25.4 Å². The highest BCUT2D eigenvalue weighted by Gasteiger charge is 2.26. The van der Waals surface area contributed by atoms with Crippen molar-refractivity contribution < 1.29 is 9.53 Å². The molecule has 0 saturated carbocycles. The summed E-state index contributed by atoms with van der Waals surface area (Å²) in [5.74, 6) is 2.07. The number of nitrogens with one attached hydrogen (secondary N) is 2. The van der Waals surface area contributed by atoms with Crippen molar-refractivity contribution in [3.05, 3.63) is 60.1 Å². The summed E-state index contributed by atoms with van der Waals surface area (Å²) >= 11 is 6.34. The summed E-state index contributed by atoms with van der Waals surface area (Å²) in [6, 6.07) is 9.29. The van der Waals surface area contributed by atoms with Crippen molar-refractivity contribution in [3.8, 4) is 5.75 Å². The predicted molar refractivity (Wildman–Crippen MR) is 137 cm³/mol. The van der Waals surface area contributed by atoms with Crippen LogP contribution in [-0.2, 0) is 4.79 Å². The van der Waals surface area contributed by atoms with Gasteiger partial charge in [0.05, 0.1) is 23.8 Å². The van der Waals surface area contributed by atoms with Crippen molar-refractivity contribution in [2.75, 3.05) is 60.7 Å². The van der Waals surface area contributed by atoms with Crippen LogP contribution in [0.15, 0.2) is 55.1 Å². The smallest absolute Gasteiger partial charge is 0.293 e. The molecule has 0 bridgehead atoms. The highest BCUT2D eigenvalue weighted by Crippen LogP contribution is 2.37. The molecule has 3 aromatic rings. The van der Waals surface area contributed by atoms with E-state index >= 15 is 0 Å². The molecule has 4 heterocycles. The number of ether oxygens (including phenoxy) is 1. The Kier molecular flexibility index (Phi) is 6.14. The Hall–Kier alpha value is -3.89. The maximum absolute atomic E-state index is 12.2. The van der Waals surface area contributed by atoms with Gasteiger partial charge < -0.3 is 30.1 Å². The summed E-state index contributed by atoms with van der Waals surface area (Å²) in [6.07, 6.45) is 3.29. The molecule has 2 aliphatic heterocycles. The lowest BCUT2D eigenvalue weighted by Gasteiger charge is -2.33. The van der Waals surface area contributed by atoms with E-state index < -0.39 is 0 Å². The Morgan fingerprint density at radius 1 is 1.00 bits per heavy atom. The summed E-state index contributed by atoms with van der Waals surface area (Å²) in [5, 5.41) is 6.71. The predicted octanol–water partition coefficient (Wildman–Crippen LogP) is 3.63. The summed E-state index contributed by atoms with van der Waals surface area (Å²) < 4.78 is 5.49. The maximum Gasteiger partial charge on any atom is 0.293 e. The minimum absolute atomic E-state index is 0.0846. The van der Waals surface area contributed by atoms with Crippen molar-refractivity contribution in [2.45, 2.75) is 0 Å². The number of nitrogens with zero attached hydrogens (tertiary/aromatic N) is 6. The highest BCUT2D eigenvalue weighted by molar-refractivity contribution is 6.32.